The van der Waals surface area contributed by atoms with Gasteiger partial charge in [0.2, 0.25) is 0 Å². The second-order valence-corrected chi connectivity index (χ2v) is 12.8. The number of hydrogen-bond donors (Lipinski definition) is 2. The molecule has 4 N–H and O–H groups in total. The molecule has 200 valence electrons. The number of nitrogens with two attached hydrogens (primary N) is 2. The molecule has 5 nitrogen and oxygen atoms in total. The molecular formula is C29H43F2N3O2. The van der Waals surface area contributed by atoms with Crippen LogP contribution in [0.5, 0.6) is 0 Å². The number of fused-ring (bicyclic) bond motifs is 5. The number of carbonyl (C=O) groups is 1. The topological polar surface area (TPSA) is 81.6 Å². The van der Waals surface area contributed by atoms with Gasteiger partial charge in [-0.25, -0.2) is 14.6 Å². The smallest absolute Gasteiger partial charge is 0.183 e. The summed E-state index contributed by atoms with van der Waals surface area (Å²) < 4.78 is 33.4. The van der Waals surface area contributed by atoms with E-state index in [1.807, 2.05) is 7.11 Å². The molecule has 4 fully saturated rings. The summed E-state index contributed by atoms with van der Waals surface area (Å²) in [5.74, 6) is 7.48. The second-order valence-electron chi connectivity index (χ2n) is 12.8. The molecule has 8 atom stereocenters. The summed E-state index contributed by atoms with van der Waals surface area (Å²) in [6.07, 6.45) is 10.6. The van der Waals surface area contributed by atoms with Crippen LogP contribution in [-0.2, 0) is 9.53 Å². The van der Waals surface area contributed by atoms with E-state index in [-0.39, 0.29) is 35.0 Å². The van der Waals surface area contributed by atoms with Crippen molar-refractivity contribution >= 4 is 17.2 Å². The Hall–Kier alpha value is -1.73. The molecule has 7 heteroatoms. The lowest BCUT2D eigenvalue weighted by molar-refractivity contribution is -0.154. The lowest BCUT2D eigenvalue weighted by atomic mass is 9.44. The number of ether oxygens (including phenoxy) is 1. The Morgan fingerprint density at radius 3 is 2.64 bits per heavy atom. The highest BCUT2D eigenvalue weighted by Gasteiger charge is 2.62. The van der Waals surface area contributed by atoms with Crippen LogP contribution in [0, 0.1) is 58.0 Å². The van der Waals surface area contributed by atoms with E-state index in [9.17, 15) is 13.6 Å². The Balaban J connectivity index is 1.34. The van der Waals surface area contributed by atoms with Crippen LogP contribution in [0.15, 0.2) is 12.1 Å². The van der Waals surface area contributed by atoms with Gasteiger partial charge in [0.05, 0.1) is 24.5 Å². The Kier molecular flexibility index (Phi) is 6.86. The van der Waals surface area contributed by atoms with Crippen molar-refractivity contribution in [2.45, 2.75) is 71.6 Å². The largest absolute Gasteiger partial charge is 0.395 e. The molecule has 0 heterocycles. The zero-order chi connectivity index (χ0) is 25.8. The van der Waals surface area contributed by atoms with Gasteiger partial charge in [-0.2, -0.15) is 0 Å². The monoisotopic (exact) mass is 503 g/mol. The summed E-state index contributed by atoms with van der Waals surface area (Å²) in [4.78, 5) is 13.6. The molecule has 1 aromatic rings. The van der Waals surface area contributed by atoms with Gasteiger partial charge in [-0.05, 0) is 104 Å². The van der Waals surface area contributed by atoms with Gasteiger partial charge in [0.15, 0.2) is 17.4 Å². The quantitative estimate of drug-likeness (QED) is 0.295. The van der Waals surface area contributed by atoms with Crippen LogP contribution < -0.4 is 16.6 Å². The van der Waals surface area contributed by atoms with E-state index >= 15 is 0 Å². The van der Waals surface area contributed by atoms with E-state index in [0.717, 1.165) is 50.2 Å². The van der Waals surface area contributed by atoms with E-state index in [2.05, 4.69) is 13.8 Å². The average molecular weight is 504 g/mol. The van der Waals surface area contributed by atoms with Crippen molar-refractivity contribution in [2.75, 3.05) is 31.0 Å². The summed E-state index contributed by atoms with van der Waals surface area (Å²) in [6.45, 7) is 5.55. The number of carbonyl (C=O) groups excluding carboxylic acids is 1. The van der Waals surface area contributed by atoms with Crippen molar-refractivity contribution in [3.8, 4) is 0 Å². The molecule has 36 heavy (non-hydrogen) atoms. The van der Waals surface area contributed by atoms with Crippen LogP contribution in [0.2, 0.25) is 0 Å². The molecule has 5 rings (SSSR count). The fraction of sp³-hybridized carbons (Fsp3) is 0.759. The van der Waals surface area contributed by atoms with Crippen molar-refractivity contribution in [1.82, 2.24) is 0 Å². The van der Waals surface area contributed by atoms with Crippen LogP contribution in [0.3, 0.4) is 0 Å². The number of nitrogen functional groups attached to an aromatic ring is 1. The van der Waals surface area contributed by atoms with E-state index in [4.69, 9.17) is 16.3 Å². The van der Waals surface area contributed by atoms with E-state index in [1.54, 1.807) is 0 Å². The molecule has 8 unspecified atom stereocenters. The summed E-state index contributed by atoms with van der Waals surface area (Å²) in [6, 6.07) is 2.34. The fourth-order valence-electron chi connectivity index (χ4n) is 9.51. The predicted octanol–water partition coefficient (Wildman–Crippen LogP) is 5.72. The predicted molar refractivity (Wildman–Crippen MR) is 138 cm³/mol. The molecule has 0 bridgehead atoms. The summed E-state index contributed by atoms with van der Waals surface area (Å²) in [7, 11) is 1.86. The van der Waals surface area contributed by atoms with Gasteiger partial charge in [0.25, 0.3) is 0 Å². The standard InChI is InChI=1S/C29H43F2N3O2/c1-17-10-13-29(16-36-3)18(14-17)4-5-19-20-6-7-22(28(20,2)12-11-21(19)29)25(35)15-34(33)24-9-8-23(30)26(31)27(24)32/h8-9,17-22H,4-7,10-16,32-33H2,1-3H3. The first-order chi connectivity index (χ1) is 17.1. The third-order valence-electron chi connectivity index (χ3n) is 11.2. The molecule has 0 saturated heterocycles. The lowest BCUT2D eigenvalue weighted by Crippen LogP contribution is -2.56. The minimum Gasteiger partial charge on any atom is -0.395 e. The van der Waals surface area contributed by atoms with E-state index < -0.39 is 11.6 Å². The van der Waals surface area contributed by atoms with E-state index in [0.29, 0.717) is 23.2 Å². The number of hydrazine groups is 1. The number of methoxy groups -OCH3 is 1. The number of nitrogens with zero attached hydrogens (tertiary/aromatic N) is 1. The first-order valence-electron chi connectivity index (χ1n) is 13.9. The summed E-state index contributed by atoms with van der Waals surface area (Å²) in [5.41, 5.74) is 5.81. The first-order valence-corrected chi connectivity index (χ1v) is 13.9. The minimum atomic E-state index is -1.13. The number of Topliss-reactive ketones (excluding diaryl/α,β-unsaturated/α-hetero) is 1. The normalized spacial score (nSPS) is 39.7. The highest BCUT2D eigenvalue weighted by Crippen LogP contribution is 2.68. The van der Waals surface area contributed by atoms with Gasteiger partial charge in [0.1, 0.15) is 0 Å². The number of rotatable bonds is 6. The van der Waals surface area contributed by atoms with Gasteiger partial charge < -0.3 is 15.5 Å². The highest BCUT2D eigenvalue weighted by atomic mass is 19.2. The zero-order valence-corrected chi connectivity index (χ0v) is 22.1. The number of benzene rings is 1. The molecule has 4 saturated carbocycles. The van der Waals surface area contributed by atoms with Crippen molar-refractivity contribution < 1.29 is 18.3 Å². The highest BCUT2D eigenvalue weighted by molar-refractivity contribution is 5.87. The molecule has 4 aliphatic carbocycles. The Morgan fingerprint density at radius 2 is 1.89 bits per heavy atom. The summed E-state index contributed by atoms with van der Waals surface area (Å²) in [5, 5.41) is 1.19. The average Bonchev–Trinajstić information content (AvgIpc) is 3.20. The third-order valence-corrected chi connectivity index (χ3v) is 11.2. The first kappa shape index (κ1) is 25.9. The Bertz CT molecular complexity index is 1000. The molecule has 0 aliphatic heterocycles. The molecule has 4 aliphatic rings. The number of anilines is 2. The molecular weight excluding hydrogens is 460 g/mol. The lowest BCUT2D eigenvalue weighted by Gasteiger charge is -2.62. The fourth-order valence-corrected chi connectivity index (χ4v) is 9.51. The molecule has 0 radical (unpaired) electrons. The maximum Gasteiger partial charge on any atom is 0.183 e. The second kappa shape index (κ2) is 9.54. The van der Waals surface area contributed by atoms with Crippen LogP contribution >= 0.6 is 0 Å². The van der Waals surface area contributed by atoms with Gasteiger partial charge in [-0.3, -0.25) is 4.79 Å². The molecule has 0 spiro atoms. The molecule has 1 aromatic carbocycles. The molecule has 0 amide bonds. The maximum absolute atomic E-state index is 14.0. The number of ketones is 1. The summed E-state index contributed by atoms with van der Waals surface area (Å²) >= 11 is 0. The van der Waals surface area contributed by atoms with Crippen LogP contribution in [0.25, 0.3) is 0 Å². The maximum atomic E-state index is 14.0. The van der Waals surface area contributed by atoms with Crippen molar-refractivity contribution in [2.24, 2.45) is 52.2 Å². The van der Waals surface area contributed by atoms with E-state index in [1.165, 1.54) is 43.2 Å². The van der Waals surface area contributed by atoms with Crippen LogP contribution in [0.1, 0.15) is 71.6 Å². The van der Waals surface area contributed by atoms with Gasteiger partial charge in [0, 0.05) is 13.0 Å². The van der Waals surface area contributed by atoms with Crippen LogP contribution in [-0.4, -0.2) is 26.0 Å². The van der Waals surface area contributed by atoms with Crippen molar-refractivity contribution in [3.05, 3.63) is 23.8 Å². The number of halogens is 2. The Labute approximate surface area is 214 Å². The van der Waals surface area contributed by atoms with Crippen LogP contribution in [0.4, 0.5) is 20.2 Å². The minimum absolute atomic E-state index is 0.0399. The van der Waals surface area contributed by atoms with Gasteiger partial charge in [-0.15, -0.1) is 0 Å². The van der Waals surface area contributed by atoms with Gasteiger partial charge in [-0.1, -0.05) is 20.3 Å². The zero-order valence-electron chi connectivity index (χ0n) is 22.1. The van der Waals surface area contributed by atoms with Crippen molar-refractivity contribution in [3.63, 3.8) is 0 Å². The molecule has 0 aromatic heterocycles. The van der Waals surface area contributed by atoms with Gasteiger partial charge >= 0.3 is 0 Å². The Morgan fingerprint density at radius 1 is 1.11 bits per heavy atom. The third kappa shape index (κ3) is 3.96. The van der Waals surface area contributed by atoms with Crippen molar-refractivity contribution in [1.29, 1.82) is 0 Å². The number of hydrogen-bond acceptors (Lipinski definition) is 5. The SMILES string of the molecule is COCC12CCC(C)CC1CCC1C3CCC(C(=O)CN(N)c4ccc(F)c(F)c4N)C3(C)CCC12.